The molecule has 0 amide bonds. The number of carbonyl (C=O) groups is 2. The highest BCUT2D eigenvalue weighted by atomic mass is 16.4. The first-order valence-corrected chi connectivity index (χ1v) is 8.85. The Bertz CT molecular complexity index is 800. The molecule has 1 aliphatic carbocycles. The number of benzene rings is 2. The fourth-order valence-corrected chi connectivity index (χ4v) is 3.11. The predicted molar refractivity (Wildman–Crippen MR) is 106 cm³/mol. The molecule has 0 fully saturated rings. The Balaban J connectivity index is 0.000000380. The molecule has 0 radical (unpaired) electrons. The fraction of sp³-hybridized carbons (Fsp3) is 0.273. The van der Waals surface area contributed by atoms with Gasteiger partial charge in [-0.25, -0.2) is 9.59 Å². The van der Waals surface area contributed by atoms with E-state index in [0.717, 1.165) is 6.54 Å². The van der Waals surface area contributed by atoms with Gasteiger partial charge in [-0.2, -0.15) is 0 Å². The van der Waals surface area contributed by atoms with Crippen molar-refractivity contribution in [2.45, 2.75) is 12.8 Å². The first-order chi connectivity index (χ1) is 12.9. The van der Waals surface area contributed by atoms with Crippen molar-refractivity contribution < 1.29 is 19.8 Å². The molecule has 0 saturated carbocycles. The largest absolute Gasteiger partial charge is 0.473 e. The van der Waals surface area contributed by atoms with Gasteiger partial charge in [-0.3, -0.25) is 0 Å². The average Bonchev–Trinajstić information content (AvgIpc) is 2.66. The summed E-state index contributed by atoms with van der Waals surface area (Å²) < 4.78 is 0. The number of allylic oxidation sites excluding steroid dienone is 1. The maximum Gasteiger partial charge on any atom is 0.414 e. The van der Waals surface area contributed by atoms with Crippen LogP contribution >= 0.6 is 0 Å². The van der Waals surface area contributed by atoms with Crippen LogP contribution in [0.4, 0.5) is 0 Å². The fourth-order valence-electron chi connectivity index (χ4n) is 3.11. The van der Waals surface area contributed by atoms with Gasteiger partial charge in [0.2, 0.25) is 0 Å². The Labute approximate surface area is 159 Å². The normalized spacial score (nSPS) is 15.2. The van der Waals surface area contributed by atoms with Crippen LogP contribution < -0.4 is 0 Å². The maximum absolute atomic E-state index is 9.10. The number of aliphatic carboxylic acids is 2. The molecule has 0 aromatic heterocycles. The van der Waals surface area contributed by atoms with Gasteiger partial charge >= 0.3 is 11.9 Å². The molecule has 0 bridgehead atoms. The summed E-state index contributed by atoms with van der Waals surface area (Å²) in [5.74, 6) is -3.01. The summed E-state index contributed by atoms with van der Waals surface area (Å²) in [5, 5.41) is 14.8. The Kier molecular flexibility index (Phi) is 7.32. The number of carboxylic acids is 2. The summed E-state index contributed by atoms with van der Waals surface area (Å²) in [6.07, 6.45) is 4.87. The van der Waals surface area contributed by atoms with Gasteiger partial charge in [-0.1, -0.05) is 60.7 Å². The van der Waals surface area contributed by atoms with Crippen LogP contribution in [0.5, 0.6) is 0 Å². The maximum atomic E-state index is 9.10. The molecule has 0 heterocycles. The molecule has 0 aliphatic heterocycles. The summed E-state index contributed by atoms with van der Waals surface area (Å²) in [5.41, 5.74) is 5.63. The lowest BCUT2D eigenvalue weighted by atomic mass is 9.81. The van der Waals surface area contributed by atoms with Crippen molar-refractivity contribution in [1.29, 1.82) is 0 Å². The minimum absolute atomic E-state index is 0.637. The van der Waals surface area contributed by atoms with E-state index in [1.807, 2.05) is 0 Å². The van der Waals surface area contributed by atoms with E-state index in [-0.39, 0.29) is 0 Å². The summed E-state index contributed by atoms with van der Waals surface area (Å²) in [6, 6.07) is 19.6. The third kappa shape index (κ3) is 6.08. The van der Waals surface area contributed by atoms with Gasteiger partial charge in [-0.15, -0.1) is 0 Å². The van der Waals surface area contributed by atoms with Crippen LogP contribution in [0.1, 0.15) is 23.1 Å². The number of hydrogen-bond acceptors (Lipinski definition) is 3. The van der Waals surface area contributed by atoms with Crippen LogP contribution in [0.25, 0.3) is 5.57 Å². The van der Waals surface area contributed by atoms with E-state index in [1.54, 1.807) is 0 Å². The molecule has 0 spiro atoms. The van der Waals surface area contributed by atoms with Crippen LogP contribution in [-0.2, 0) is 16.0 Å². The Hall–Kier alpha value is -2.92. The molecule has 27 heavy (non-hydrogen) atoms. The van der Waals surface area contributed by atoms with E-state index in [0.29, 0.717) is 5.92 Å². The van der Waals surface area contributed by atoms with Crippen LogP contribution in [0.2, 0.25) is 0 Å². The van der Waals surface area contributed by atoms with Crippen molar-refractivity contribution in [2.24, 2.45) is 5.92 Å². The van der Waals surface area contributed by atoms with Crippen molar-refractivity contribution in [3.63, 3.8) is 0 Å². The lowest BCUT2D eigenvalue weighted by Crippen LogP contribution is -2.19. The van der Waals surface area contributed by atoms with E-state index in [2.05, 4.69) is 79.7 Å². The third-order valence-corrected chi connectivity index (χ3v) is 4.41. The highest BCUT2D eigenvalue weighted by molar-refractivity contribution is 6.27. The standard InChI is InChI=1S/C20H23N.C2H2O4/c1-21(2)13-12-16-14-18-10-6-7-11-19(18)20(15-16)17-8-4-3-5-9-17;3-1(4)2(5)6/h3-11,15-16H,12-14H2,1-2H3;(H,3,4)(H,5,6). The first-order valence-electron chi connectivity index (χ1n) is 8.85. The second kappa shape index (κ2) is 9.69. The molecule has 0 saturated heterocycles. The van der Waals surface area contributed by atoms with Crippen LogP contribution in [0.15, 0.2) is 60.7 Å². The minimum atomic E-state index is -1.82. The zero-order valence-electron chi connectivity index (χ0n) is 15.6. The molecule has 1 unspecified atom stereocenters. The zero-order chi connectivity index (χ0) is 19.8. The van der Waals surface area contributed by atoms with Crippen LogP contribution in [0.3, 0.4) is 0 Å². The number of rotatable bonds is 4. The third-order valence-electron chi connectivity index (χ3n) is 4.41. The van der Waals surface area contributed by atoms with Crippen molar-refractivity contribution in [1.82, 2.24) is 4.90 Å². The second-order valence-corrected chi connectivity index (χ2v) is 6.77. The Morgan fingerprint density at radius 2 is 1.56 bits per heavy atom. The van der Waals surface area contributed by atoms with Gasteiger partial charge in [0.25, 0.3) is 0 Å². The van der Waals surface area contributed by atoms with Crippen molar-refractivity contribution >= 4 is 17.5 Å². The van der Waals surface area contributed by atoms with E-state index in [9.17, 15) is 0 Å². The van der Waals surface area contributed by atoms with Crippen LogP contribution in [-0.4, -0.2) is 47.7 Å². The molecular formula is C22H25NO4. The smallest absolute Gasteiger partial charge is 0.414 e. The Morgan fingerprint density at radius 3 is 2.15 bits per heavy atom. The minimum Gasteiger partial charge on any atom is -0.473 e. The number of carboxylic acid groups (broad SMARTS) is 2. The average molecular weight is 367 g/mol. The van der Waals surface area contributed by atoms with E-state index in [4.69, 9.17) is 19.8 Å². The highest BCUT2D eigenvalue weighted by Crippen LogP contribution is 2.34. The monoisotopic (exact) mass is 367 g/mol. The molecule has 2 aromatic carbocycles. The van der Waals surface area contributed by atoms with Gasteiger partial charge in [0, 0.05) is 0 Å². The summed E-state index contributed by atoms with van der Waals surface area (Å²) >= 11 is 0. The topological polar surface area (TPSA) is 77.8 Å². The SMILES string of the molecule is CN(C)CCC1C=C(c2ccccc2)c2ccccc2C1.O=C(O)C(=O)O. The highest BCUT2D eigenvalue weighted by Gasteiger charge is 2.20. The molecule has 1 aliphatic rings. The van der Waals surface area contributed by atoms with E-state index >= 15 is 0 Å². The van der Waals surface area contributed by atoms with Crippen molar-refractivity contribution in [2.75, 3.05) is 20.6 Å². The van der Waals surface area contributed by atoms with Gasteiger partial charge < -0.3 is 15.1 Å². The second-order valence-electron chi connectivity index (χ2n) is 6.77. The number of nitrogens with zero attached hydrogens (tertiary/aromatic N) is 1. The lowest BCUT2D eigenvalue weighted by Gasteiger charge is -2.25. The quantitative estimate of drug-likeness (QED) is 0.810. The van der Waals surface area contributed by atoms with Gasteiger partial charge in [-0.05, 0) is 61.7 Å². The molecule has 5 heteroatoms. The molecule has 2 N–H and O–H groups in total. The molecular weight excluding hydrogens is 342 g/mol. The van der Waals surface area contributed by atoms with E-state index < -0.39 is 11.9 Å². The molecule has 142 valence electrons. The Morgan fingerprint density at radius 1 is 0.963 bits per heavy atom. The predicted octanol–water partition coefficient (Wildman–Crippen LogP) is 3.40. The van der Waals surface area contributed by atoms with Crippen molar-refractivity contribution in [3.05, 3.63) is 77.4 Å². The molecule has 1 atom stereocenters. The van der Waals surface area contributed by atoms with Gasteiger partial charge in [0.15, 0.2) is 0 Å². The zero-order valence-corrected chi connectivity index (χ0v) is 15.6. The molecule has 3 rings (SSSR count). The molecule has 2 aromatic rings. The number of hydrogen-bond donors (Lipinski definition) is 2. The molecule has 5 nitrogen and oxygen atoms in total. The summed E-state index contributed by atoms with van der Waals surface area (Å²) in [6.45, 7) is 1.14. The lowest BCUT2D eigenvalue weighted by molar-refractivity contribution is -0.159. The first kappa shape index (κ1) is 20.4. The van der Waals surface area contributed by atoms with Gasteiger partial charge in [0.05, 0.1) is 0 Å². The van der Waals surface area contributed by atoms with Gasteiger partial charge in [0.1, 0.15) is 0 Å². The summed E-state index contributed by atoms with van der Waals surface area (Å²) in [7, 11) is 4.30. The van der Waals surface area contributed by atoms with Crippen LogP contribution in [0, 0.1) is 5.92 Å². The van der Waals surface area contributed by atoms with Crippen molar-refractivity contribution in [3.8, 4) is 0 Å². The van der Waals surface area contributed by atoms with E-state index in [1.165, 1.54) is 35.1 Å². The number of fused-ring (bicyclic) bond motifs is 1. The summed E-state index contributed by atoms with van der Waals surface area (Å²) in [4.78, 5) is 20.5.